The second kappa shape index (κ2) is 4.75. The zero-order chi connectivity index (χ0) is 14.3. The van der Waals surface area contributed by atoms with Crippen LogP contribution in [0.2, 0.25) is 0 Å². The molecule has 0 spiro atoms. The number of hydrogen-bond acceptors (Lipinski definition) is 4. The highest BCUT2D eigenvalue weighted by Gasteiger charge is 2.12. The third kappa shape index (κ3) is 2.09. The first-order valence-electron chi connectivity index (χ1n) is 5.58. The van der Waals surface area contributed by atoms with E-state index in [1.54, 1.807) is 24.4 Å². The summed E-state index contributed by atoms with van der Waals surface area (Å²) in [5.41, 5.74) is 6.50. The van der Waals surface area contributed by atoms with Crippen molar-refractivity contribution in [2.75, 3.05) is 5.73 Å². The Morgan fingerprint density at radius 3 is 2.70 bits per heavy atom. The largest absolute Gasteiger partial charge is 0.382 e. The molecule has 0 aliphatic heterocycles. The van der Waals surface area contributed by atoms with Gasteiger partial charge in [-0.1, -0.05) is 12.1 Å². The maximum Gasteiger partial charge on any atom is 0.247 e. The van der Waals surface area contributed by atoms with Gasteiger partial charge in [-0.25, -0.2) is 9.37 Å². The summed E-state index contributed by atoms with van der Waals surface area (Å²) >= 11 is 2.95. The Labute approximate surface area is 120 Å². The molecule has 7 heteroatoms. The molecule has 2 heterocycles. The highest BCUT2D eigenvalue weighted by atomic mass is 79.9. The molecule has 0 fully saturated rings. The van der Waals surface area contributed by atoms with Crippen LogP contribution in [0.4, 0.5) is 14.6 Å². The summed E-state index contributed by atoms with van der Waals surface area (Å²) in [6.45, 7) is 0. The smallest absolute Gasteiger partial charge is 0.247 e. The fraction of sp³-hybridized carbons (Fsp3) is 0. The Hall–Kier alpha value is -2.15. The molecule has 1 aromatic carbocycles. The predicted octanol–water partition coefficient (Wildman–Crippen LogP) is 3.31. The standard InChI is InChI=1S/C13H7BrF2N4/c14-11-12(16)20-13(17)10(19-11)6-1-2-7-4-18-5-9(15)8(7)3-6/h1-5H,(H2,17,20). The molecule has 0 radical (unpaired) electrons. The van der Waals surface area contributed by atoms with Crippen LogP contribution in [-0.4, -0.2) is 15.0 Å². The second-order valence-electron chi connectivity index (χ2n) is 4.10. The van der Waals surface area contributed by atoms with Gasteiger partial charge in [0.25, 0.3) is 0 Å². The molecule has 3 rings (SSSR count). The normalized spacial score (nSPS) is 10.9. The number of fused-ring (bicyclic) bond motifs is 1. The summed E-state index contributed by atoms with van der Waals surface area (Å²) in [6.07, 6.45) is 2.68. The molecule has 2 N–H and O–H groups in total. The highest BCUT2D eigenvalue weighted by molar-refractivity contribution is 9.10. The van der Waals surface area contributed by atoms with Gasteiger partial charge in [-0.3, -0.25) is 4.98 Å². The van der Waals surface area contributed by atoms with E-state index in [-0.39, 0.29) is 16.1 Å². The molecule has 2 aromatic heterocycles. The van der Waals surface area contributed by atoms with Crippen LogP contribution in [0.15, 0.2) is 35.2 Å². The van der Waals surface area contributed by atoms with Gasteiger partial charge >= 0.3 is 0 Å². The number of pyridine rings is 1. The molecule has 0 aliphatic rings. The van der Waals surface area contributed by atoms with E-state index in [0.29, 0.717) is 16.3 Å². The van der Waals surface area contributed by atoms with Crippen LogP contribution in [0.25, 0.3) is 22.0 Å². The molecule has 0 bridgehead atoms. The lowest BCUT2D eigenvalue weighted by atomic mass is 10.1. The first-order valence-corrected chi connectivity index (χ1v) is 6.37. The lowest BCUT2D eigenvalue weighted by molar-refractivity contribution is 0.571. The molecule has 0 saturated carbocycles. The lowest BCUT2D eigenvalue weighted by Crippen LogP contribution is -2.01. The molecule has 0 unspecified atom stereocenters. The summed E-state index contributed by atoms with van der Waals surface area (Å²) in [5.74, 6) is -1.29. The van der Waals surface area contributed by atoms with Crippen molar-refractivity contribution in [1.82, 2.24) is 15.0 Å². The van der Waals surface area contributed by atoms with Crippen molar-refractivity contribution >= 4 is 32.5 Å². The Bertz CT molecular complexity index is 823. The molecular formula is C13H7BrF2N4. The summed E-state index contributed by atoms with van der Waals surface area (Å²) in [6, 6.07) is 4.98. The zero-order valence-corrected chi connectivity index (χ0v) is 11.5. The first-order chi connectivity index (χ1) is 9.56. The predicted molar refractivity (Wildman–Crippen MR) is 74.8 cm³/mol. The highest BCUT2D eigenvalue weighted by Crippen LogP contribution is 2.28. The fourth-order valence-electron chi connectivity index (χ4n) is 1.89. The van der Waals surface area contributed by atoms with E-state index in [0.717, 1.165) is 6.20 Å². The number of rotatable bonds is 1. The summed E-state index contributed by atoms with van der Waals surface area (Å²) in [7, 11) is 0. The SMILES string of the molecule is Nc1nc(F)c(Br)nc1-c1ccc2cncc(F)c2c1. The van der Waals surface area contributed by atoms with Gasteiger partial charge in [0.05, 0.1) is 6.20 Å². The average molecular weight is 337 g/mol. The third-order valence-electron chi connectivity index (χ3n) is 2.83. The van der Waals surface area contributed by atoms with Crippen molar-refractivity contribution in [2.45, 2.75) is 0 Å². The van der Waals surface area contributed by atoms with Crippen LogP contribution >= 0.6 is 15.9 Å². The molecule has 0 atom stereocenters. The van der Waals surface area contributed by atoms with E-state index in [2.05, 4.69) is 30.9 Å². The maximum absolute atomic E-state index is 13.7. The van der Waals surface area contributed by atoms with E-state index in [9.17, 15) is 8.78 Å². The number of hydrogen-bond donors (Lipinski definition) is 1. The quantitative estimate of drug-likeness (QED) is 0.740. The number of halogens is 3. The molecule has 20 heavy (non-hydrogen) atoms. The van der Waals surface area contributed by atoms with E-state index in [1.807, 2.05) is 0 Å². The Balaban J connectivity index is 2.25. The van der Waals surface area contributed by atoms with Crippen LogP contribution in [0, 0.1) is 11.8 Å². The van der Waals surface area contributed by atoms with E-state index in [1.165, 1.54) is 0 Å². The van der Waals surface area contributed by atoms with Gasteiger partial charge in [0.1, 0.15) is 11.5 Å². The van der Waals surface area contributed by atoms with Crippen LogP contribution in [0.5, 0.6) is 0 Å². The number of nitrogen functional groups attached to an aromatic ring is 1. The summed E-state index contributed by atoms with van der Waals surface area (Å²) < 4.78 is 26.9. The van der Waals surface area contributed by atoms with Crippen molar-refractivity contribution in [3.05, 3.63) is 47.0 Å². The van der Waals surface area contributed by atoms with Crippen molar-refractivity contribution in [1.29, 1.82) is 0 Å². The van der Waals surface area contributed by atoms with Gasteiger partial charge in [-0.05, 0) is 22.0 Å². The topological polar surface area (TPSA) is 64.7 Å². The Morgan fingerprint density at radius 2 is 1.90 bits per heavy atom. The van der Waals surface area contributed by atoms with Crippen LogP contribution in [0.1, 0.15) is 0 Å². The Morgan fingerprint density at radius 1 is 1.10 bits per heavy atom. The van der Waals surface area contributed by atoms with Gasteiger partial charge in [0.15, 0.2) is 10.4 Å². The van der Waals surface area contributed by atoms with Crippen LogP contribution < -0.4 is 5.73 Å². The molecule has 3 aromatic rings. The first kappa shape index (κ1) is 12.9. The molecule has 0 saturated heterocycles. The number of nitrogens with two attached hydrogens (primary N) is 1. The minimum atomic E-state index is -0.789. The minimum Gasteiger partial charge on any atom is -0.382 e. The van der Waals surface area contributed by atoms with Crippen molar-refractivity contribution in [3.63, 3.8) is 0 Å². The van der Waals surface area contributed by atoms with E-state index in [4.69, 9.17) is 5.73 Å². The number of benzene rings is 1. The Kier molecular flexibility index (Phi) is 3.06. The minimum absolute atomic E-state index is 0.0444. The monoisotopic (exact) mass is 336 g/mol. The zero-order valence-electron chi connectivity index (χ0n) is 9.94. The number of nitrogens with zero attached hydrogens (tertiary/aromatic N) is 3. The van der Waals surface area contributed by atoms with Gasteiger partial charge in [-0.2, -0.15) is 9.37 Å². The lowest BCUT2D eigenvalue weighted by Gasteiger charge is -2.07. The van der Waals surface area contributed by atoms with Gasteiger partial charge in [-0.15, -0.1) is 0 Å². The third-order valence-corrected chi connectivity index (χ3v) is 3.33. The molecule has 100 valence electrons. The van der Waals surface area contributed by atoms with Crippen LogP contribution in [0.3, 0.4) is 0 Å². The fourth-order valence-corrected chi connectivity index (χ4v) is 2.16. The van der Waals surface area contributed by atoms with Crippen molar-refractivity contribution in [3.8, 4) is 11.3 Å². The van der Waals surface area contributed by atoms with E-state index >= 15 is 0 Å². The molecular weight excluding hydrogens is 330 g/mol. The number of anilines is 1. The van der Waals surface area contributed by atoms with Gasteiger partial charge in [0, 0.05) is 22.5 Å². The van der Waals surface area contributed by atoms with E-state index < -0.39 is 11.8 Å². The van der Waals surface area contributed by atoms with Crippen molar-refractivity contribution < 1.29 is 8.78 Å². The molecule has 4 nitrogen and oxygen atoms in total. The average Bonchev–Trinajstić information content (AvgIpc) is 2.43. The molecule has 0 aliphatic carbocycles. The second-order valence-corrected chi connectivity index (χ2v) is 4.85. The number of aromatic nitrogens is 3. The van der Waals surface area contributed by atoms with Crippen LogP contribution in [-0.2, 0) is 0 Å². The van der Waals surface area contributed by atoms with Gasteiger partial charge in [0.2, 0.25) is 5.95 Å². The maximum atomic E-state index is 13.7. The summed E-state index contributed by atoms with van der Waals surface area (Å²) in [4.78, 5) is 11.3. The molecule has 0 amide bonds. The van der Waals surface area contributed by atoms with Crippen molar-refractivity contribution in [2.24, 2.45) is 0 Å². The van der Waals surface area contributed by atoms with Gasteiger partial charge < -0.3 is 5.73 Å². The summed E-state index contributed by atoms with van der Waals surface area (Å²) in [5, 5.41) is 1.04.